The predicted octanol–water partition coefficient (Wildman–Crippen LogP) is 4.11. The van der Waals surface area contributed by atoms with Gasteiger partial charge in [-0.2, -0.15) is 0 Å². The first-order chi connectivity index (χ1) is 9.33. The third-order valence-corrected chi connectivity index (χ3v) is 3.94. The highest BCUT2D eigenvalue weighted by atomic mass is 16.5. The van der Waals surface area contributed by atoms with E-state index in [-0.39, 0.29) is 0 Å². The summed E-state index contributed by atoms with van der Waals surface area (Å²) in [5.74, 6) is 1.74. The van der Waals surface area contributed by atoms with Crippen LogP contribution in [-0.2, 0) is 0 Å². The van der Waals surface area contributed by atoms with Gasteiger partial charge in [0.1, 0.15) is 5.75 Å². The average molecular weight is 261 g/mol. The van der Waals surface area contributed by atoms with Gasteiger partial charge >= 0.3 is 0 Å². The Morgan fingerprint density at radius 1 is 1.11 bits per heavy atom. The van der Waals surface area contributed by atoms with Crippen molar-refractivity contribution in [3.05, 3.63) is 29.8 Å². The number of hydrogen-bond acceptors (Lipinski definition) is 2. The molecule has 0 aliphatic heterocycles. The van der Waals surface area contributed by atoms with Gasteiger partial charge in [-0.25, -0.2) is 0 Å². The van der Waals surface area contributed by atoms with Gasteiger partial charge in [-0.05, 0) is 62.3 Å². The Morgan fingerprint density at radius 3 is 2.58 bits per heavy atom. The van der Waals surface area contributed by atoms with Crippen molar-refractivity contribution in [3.63, 3.8) is 0 Å². The second kappa shape index (κ2) is 7.54. The quantitative estimate of drug-likeness (QED) is 0.797. The van der Waals surface area contributed by atoms with Crippen molar-refractivity contribution in [2.75, 3.05) is 13.2 Å². The van der Waals surface area contributed by atoms with Crippen molar-refractivity contribution in [1.82, 2.24) is 5.32 Å². The Morgan fingerprint density at radius 2 is 1.89 bits per heavy atom. The summed E-state index contributed by atoms with van der Waals surface area (Å²) in [7, 11) is 0. The first kappa shape index (κ1) is 14.4. The molecule has 1 aromatic carbocycles. The zero-order chi connectivity index (χ0) is 13.5. The van der Waals surface area contributed by atoms with Crippen LogP contribution in [-0.4, -0.2) is 19.2 Å². The molecular weight excluding hydrogens is 234 g/mol. The molecule has 1 aromatic rings. The van der Waals surface area contributed by atoms with E-state index in [0.29, 0.717) is 0 Å². The molecule has 1 N–H and O–H groups in total. The molecule has 2 nitrogen and oxygen atoms in total. The summed E-state index contributed by atoms with van der Waals surface area (Å²) in [5, 5.41) is 3.65. The second-order valence-corrected chi connectivity index (χ2v) is 5.58. The van der Waals surface area contributed by atoms with E-state index in [9.17, 15) is 0 Å². The first-order valence-corrected chi connectivity index (χ1v) is 7.79. The number of benzene rings is 1. The lowest BCUT2D eigenvalue weighted by atomic mass is 9.97. The lowest BCUT2D eigenvalue weighted by Gasteiger charge is -2.13. The highest BCUT2D eigenvalue weighted by Crippen LogP contribution is 2.35. The molecule has 0 aromatic heterocycles. The monoisotopic (exact) mass is 261 g/mol. The lowest BCUT2D eigenvalue weighted by molar-refractivity contribution is 0.317. The fourth-order valence-corrected chi connectivity index (χ4v) is 2.87. The van der Waals surface area contributed by atoms with Gasteiger partial charge in [0.15, 0.2) is 0 Å². The van der Waals surface area contributed by atoms with Crippen LogP contribution in [0, 0.1) is 0 Å². The Balaban J connectivity index is 1.85. The minimum atomic E-state index is 0.723. The molecule has 1 fully saturated rings. The lowest BCUT2D eigenvalue weighted by Crippen LogP contribution is -2.26. The summed E-state index contributed by atoms with van der Waals surface area (Å²) in [6, 6.07) is 9.46. The average Bonchev–Trinajstić information content (AvgIpc) is 2.92. The summed E-state index contributed by atoms with van der Waals surface area (Å²) in [5.41, 5.74) is 1.48. The Kier molecular flexibility index (Phi) is 5.71. The highest BCUT2D eigenvalue weighted by Gasteiger charge is 2.25. The molecule has 0 spiro atoms. The number of nitrogens with one attached hydrogen (secondary N) is 1. The zero-order valence-electron chi connectivity index (χ0n) is 12.3. The molecule has 0 bridgehead atoms. The smallest absolute Gasteiger partial charge is 0.119 e. The summed E-state index contributed by atoms with van der Waals surface area (Å²) in [6.45, 7) is 6.33. The summed E-state index contributed by atoms with van der Waals surface area (Å²) >= 11 is 0. The minimum absolute atomic E-state index is 0.723. The fourth-order valence-electron chi connectivity index (χ4n) is 2.87. The van der Waals surface area contributed by atoms with Crippen molar-refractivity contribution in [2.45, 2.75) is 57.9 Å². The van der Waals surface area contributed by atoms with E-state index in [2.05, 4.69) is 43.4 Å². The topological polar surface area (TPSA) is 21.3 Å². The van der Waals surface area contributed by atoms with Gasteiger partial charge in [-0.15, -0.1) is 0 Å². The van der Waals surface area contributed by atoms with E-state index >= 15 is 0 Å². The van der Waals surface area contributed by atoms with Crippen molar-refractivity contribution in [1.29, 1.82) is 0 Å². The van der Waals surface area contributed by atoms with E-state index < -0.39 is 0 Å². The molecule has 1 saturated carbocycles. The third-order valence-electron chi connectivity index (χ3n) is 3.94. The molecule has 2 atom stereocenters. The van der Waals surface area contributed by atoms with E-state index in [1.54, 1.807) is 0 Å². The molecule has 106 valence electrons. The largest absolute Gasteiger partial charge is 0.494 e. The van der Waals surface area contributed by atoms with Crippen LogP contribution < -0.4 is 10.1 Å². The fraction of sp³-hybridized carbons (Fsp3) is 0.647. The van der Waals surface area contributed by atoms with Gasteiger partial charge in [-0.3, -0.25) is 0 Å². The Labute approximate surface area is 117 Å². The molecule has 2 rings (SSSR count). The number of ether oxygens (including phenoxy) is 1. The van der Waals surface area contributed by atoms with Gasteiger partial charge < -0.3 is 10.1 Å². The van der Waals surface area contributed by atoms with Crippen LogP contribution >= 0.6 is 0 Å². The van der Waals surface area contributed by atoms with Crippen LogP contribution in [0.4, 0.5) is 0 Å². The van der Waals surface area contributed by atoms with Crippen LogP contribution in [0.5, 0.6) is 5.75 Å². The molecule has 19 heavy (non-hydrogen) atoms. The maximum atomic E-state index is 5.63. The standard InChI is InChI=1S/C17H27NO/c1-3-11-18-16-8-5-15(13-16)14-6-9-17(10-7-14)19-12-4-2/h6-7,9-10,15-16,18H,3-5,8,11-13H2,1-2H3. The molecule has 0 amide bonds. The van der Waals surface area contributed by atoms with Crippen molar-refractivity contribution >= 4 is 0 Å². The van der Waals surface area contributed by atoms with Gasteiger partial charge in [-0.1, -0.05) is 26.0 Å². The van der Waals surface area contributed by atoms with Crippen LogP contribution in [0.2, 0.25) is 0 Å². The minimum Gasteiger partial charge on any atom is -0.494 e. The van der Waals surface area contributed by atoms with Gasteiger partial charge in [0, 0.05) is 6.04 Å². The summed E-state index contributed by atoms with van der Waals surface area (Å²) in [4.78, 5) is 0. The van der Waals surface area contributed by atoms with Crippen molar-refractivity contribution < 1.29 is 4.74 Å². The molecule has 0 heterocycles. The van der Waals surface area contributed by atoms with Crippen LogP contribution in [0.1, 0.15) is 57.4 Å². The van der Waals surface area contributed by atoms with E-state index in [1.165, 1.54) is 31.2 Å². The summed E-state index contributed by atoms with van der Waals surface area (Å²) < 4.78 is 5.63. The first-order valence-electron chi connectivity index (χ1n) is 7.79. The second-order valence-electron chi connectivity index (χ2n) is 5.58. The number of rotatable bonds is 7. The number of hydrogen-bond donors (Lipinski definition) is 1. The molecule has 0 saturated heterocycles. The van der Waals surface area contributed by atoms with Gasteiger partial charge in [0.05, 0.1) is 6.61 Å². The Bertz CT molecular complexity index is 360. The molecule has 1 aliphatic rings. The SMILES string of the molecule is CCCNC1CCC(c2ccc(OCCC)cc2)C1. The maximum absolute atomic E-state index is 5.63. The van der Waals surface area contributed by atoms with Crippen LogP contribution in [0.3, 0.4) is 0 Å². The van der Waals surface area contributed by atoms with E-state index in [1.807, 2.05) is 0 Å². The van der Waals surface area contributed by atoms with Crippen LogP contribution in [0.25, 0.3) is 0 Å². The maximum Gasteiger partial charge on any atom is 0.119 e. The Hall–Kier alpha value is -1.02. The van der Waals surface area contributed by atoms with Gasteiger partial charge in [0.25, 0.3) is 0 Å². The normalized spacial score (nSPS) is 22.6. The predicted molar refractivity (Wildman–Crippen MR) is 80.9 cm³/mol. The van der Waals surface area contributed by atoms with Crippen molar-refractivity contribution in [2.24, 2.45) is 0 Å². The van der Waals surface area contributed by atoms with E-state index in [4.69, 9.17) is 4.74 Å². The van der Waals surface area contributed by atoms with Crippen LogP contribution in [0.15, 0.2) is 24.3 Å². The molecule has 2 heteroatoms. The zero-order valence-corrected chi connectivity index (χ0v) is 12.3. The highest BCUT2D eigenvalue weighted by molar-refractivity contribution is 5.30. The molecule has 1 aliphatic carbocycles. The van der Waals surface area contributed by atoms with Gasteiger partial charge in [0.2, 0.25) is 0 Å². The summed E-state index contributed by atoms with van der Waals surface area (Å²) in [6.07, 6.45) is 6.21. The van der Waals surface area contributed by atoms with E-state index in [0.717, 1.165) is 37.3 Å². The molecule has 2 unspecified atom stereocenters. The molecule has 0 radical (unpaired) electrons. The molecular formula is C17H27NO. The van der Waals surface area contributed by atoms with Crippen molar-refractivity contribution in [3.8, 4) is 5.75 Å². The third kappa shape index (κ3) is 4.24.